The second-order valence-electron chi connectivity index (χ2n) is 15.7. The van der Waals surface area contributed by atoms with E-state index in [1.54, 1.807) is 0 Å². The first-order valence-electron chi connectivity index (χ1n) is 23.6. The van der Waals surface area contributed by atoms with Crippen LogP contribution in [0.3, 0.4) is 0 Å². The van der Waals surface area contributed by atoms with Gasteiger partial charge in [-0.15, -0.1) is 11.3 Å². The molecule has 2 heterocycles. The molecule has 0 amide bonds. The average molecular weight is 826 g/mol. The van der Waals surface area contributed by atoms with E-state index >= 15 is 0 Å². The number of benzene rings is 10. The Morgan fingerprint density at radius 1 is 0.381 bits per heavy atom. The molecule has 0 aliphatic heterocycles. The lowest BCUT2D eigenvalue weighted by Gasteiger charge is -2.26. The maximum Gasteiger partial charge on any atom is 0.0640 e. The summed E-state index contributed by atoms with van der Waals surface area (Å²) in [5, 5.41) is 4.87. The Balaban J connectivity index is 1.08. The van der Waals surface area contributed by atoms with E-state index in [1.807, 2.05) is 53.8 Å². The van der Waals surface area contributed by atoms with Crippen molar-refractivity contribution < 1.29 is 6.85 Å². The number of rotatable bonds is 8. The monoisotopic (exact) mass is 825 g/mol. The Morgan fingerprint density at radius 3 is 1.49 bits per heavy atom. The minimum absolute atomic E-state index is 0.177. The van der Waals surface area contributed by atoms with Crippen LogP contribution in [0.2, 0.25) is 0 Å². The predicted octanol–water partition coefficient (Wildman–Crippen LogP) is 17.3. The van der Waals surface area contributed by atoms with Gasteiger partial charge in [-0.3, -0.25) is 0 Å². The van der Waals surface area contributed by atoms with E-state index in [1.165, 1.54) is 47.6 Å². The molecule has 0 atom stereocenters. The number of aromatic nitrogens is 1. The van der Waals surface area contributed by atoms with Gasteiger partial charge in [0.05, 0.1) is 17.9 Å². The van der Waals surface area contributed by atoms with E-state index in [0.29, 0.717) is 5.56 Å². The van der Waals surface area contributed by atoms with Crippen molar-refractivity contribution in [2.45, 2.75) is 0 Å². The zero-order valence-corrected chi connectivity index (χ0v) is 34.8. The molecule has 0 bridgehead atoms. The largest absolute Gasteiger partial charge is 0.311 e. The summed E-state index contributed by atoms with van der Waals surface area (Å²) in [6.45, 7) is 0. The molecular weight excluding hydrogens is 781 g/mol. The third-order valence-corrected chi connectivity index (χ3v) is 13.3. The van der Waals surface area contributed by atoms with Crippen LogP contribution in [0.4, 0.5) is 17.1 Å². The lowest BCUT2D eigenvalue weighted by Crippen LogP contribution is -2.09. The quantitative estimate of drug-likeness (QED) is 0.148. The number of hydrogen-bond acceptors (Lipinski definition) is 2. The summed E-state index contributed by atoms with van der Waals surface area (Å²) in [7, 11) is 0. The van der Waals surface area contributed by atoms with Crippen LogP contribution in [-0.2, 0) is 0 Å². The van der Waals surface area contributed by atoms with E-state index < -0.39 is 6.04 Å². The van der Waals surface area contributed by atoms with Crippen LogP contribution >= 0.6 is 11.3 Å². The van der Waals surface area contributed by atoms with Crippen molar-refractivity contribution in [2.24, 2.45) is 0 Å². The zero-order valence-electron chi connectivity index (χ0n) is 39.0. The molecule has 10 aromatic carbocycles. The first-order valence-corrected chi connectivity index (χ1v) is 21.9. The van der Waals surface area contributed by atoms with E-state index in [-0.39, 0.29) is 29.7 Å². The Hall–Kier alpha value is -7.98. The van der Waals surface area contributed by atoms with Gasteiger partial charge >= 0.3 is 0 Å². The molecule has 0 spiro atoms. The third-order valence-electron chi connectivity index (χ3n) is 12.1. The smallest absolute Gasteiger partial charge is 0.0640 e. The highest BCUT2D eigenvalue weighted by atomic mass is 32.1. The predicted molar refractivity (Wildman–Crippen MR) is 270 cm³/mol. The Labute approximate surface area is 377 Å². The lowest BCUT2D eigenvalue weighted by molar-refractivity contribution is 1.19. The van der Waals surface area contributed by atoms with Gasteiger partial charge in [-0.25, -0.2) is 0 Å². The van der Waals surface area contributed by atoms with E-state index in [4.69, 9.17) is 6.85 Å². The summed E-state index contributed by atoms with van der Waals surface area (Å²) in [6, 6.07) is 72.8. The van der Waals surface area contributed by atoms with Gasteiger partial charge in [0.2, 0.25) is 0 Å². The van der Waals surface area contributed by atoms with Crippen LogP contribution in [0.25, 0.3) is 92.2 Å². The highest BCUT2D eigenvalue weighted by Gasteiger charge is 2.27. The Bertz CT molecular complexity index is 3840. The first-order chi connectivity index (χ1) is 33.4. The Kier molecular flexibility index (Phi) is 7.83. The van der Waals surface area contributed by atoms with E-state index in [2.05, 4.69) is 179 Å². The van der Waals surface area contributed by atoms with E-state index in [0.717, 1.165) is 50.5 Å². The summed E-state index contributed by atoms with van der Waals surface area (Å²) in [4.78, 5) is 2.20. The molecule has 0 N–H and O–H groups in total. The van der Waals surface area contributed by atoms with Crippen LogP contribution < -0.4 is 4.90 Å². The van der Waals surface area contributed by atoms with Crippen LogP contribution in [0.15, 0.2) is 243 Å². The maximum absolute atomic E-state index is 8.66. The minimum Gasteiger partial charge on any atom is -0.311 e. The van der Waals surface area contributed by atoms with Crippen molar-refractivity contribution in [1.82, 2.24) is 4.57 Å². The summed E-state index contributed by atoms with van der Waals surface area (Å²) in [6.07, 6.45) is 0. The molecule has 12 aromatic rings. The number of anilines is 3. The summed E-state index contributed by atoms with van der Waals surface area (Å²) < 4.78 is 47.0. The summed E-state index contributed by atoms with van der Waals surface area (Å²) in [5.41, 5.74) is 13.8. The van der Waals surface area contributed by atoms with E-state index in [9.17, 15) is 0 Å². The molecule has 296 valence electrons. The number of fused-ring (bicyclic) bond motifs is 7. The van der Waals surface area contributed by atoms with Crippen molar-refractivity contribution in [3.05, 3.63) is 243 Å². The molecule has 12 rings (SSSR count). The van der Waals surface area contributed by atoms with Crippen molar-refractivity contribution in [3.63, 3.8) is 0 Å². The number of thiophene rings is 1. The molecule has 63 heavy (non-hydrogen) atoms. The molecule has 2 aromatic heterocycles. The van der Waals surface area contributed by atoms with Crippen LogP contribution in [0.1, 0.15) is 6.85 Å². The topological polar surface area (TPSA) is 8.17 Å². The van der Waals surface area contributed by atoms with Crippen LogP contribution in [0, 0.1) is 0 Å². The van der Waals surface area contributed by atoms with Gasteiger partial charge < -0.3 is 9.47 Å². The van der Waals surface area contributed by atoms with Crippen LogP contribution in [-0.4, -0.2) is 4.57 Å². The molecule has 0 aliphatic carbocycles. The highest BCUT2D eigenvalue weighted by molar-refractivity contribution is 7.26. The fourth-order valence-electron chi connectivity index (χ4n) is 9.27. The third kappa shape index (κ3) is 6.33. The van der Waals surface area contributed by atoms with Crippen molar-refractivity contribution in [1.29, 1.82) is 0 Å². The minimum atomic E-state index is -0.406. The molecule has 3 heteroatoms. The molecule has 0 fully saturated rings. The highest BCUT2D eigenvalue weighted by Crippen LogP contribution is 2.53. The molecule has 2 nitrogen and oxygen atoms in total. The SMILES string of the molecule is [2H]c1c([2H])c([2H])c(-c2ccc(N(c3ccc(-c4ccccc4)cc3)c3ccc(-c4c(-c5ccccc5)c5c6ccccc6n(-c6ccccc6)c5c5c4sc4ccccc45)cc3)cc2)c([2H])c1[2H]. The van der Waals surface area contributed by atoms with Gasteiger partial charge in [-0.05, 0) is 94.0 Å². The fraction of sp³-hybridized carbons (Fsp3) is 0. The molecule has 0 radical (unpaired) electrons. The van der Waals surface area contributed by atoms with Crippen molar-refractivity contribution in [3.8, 4) is 50.2 Å². The fourth-order valence-corrected chi connectivity index (χ4v) is 10.5. The molecule has 0 saturated heterocycles. The van der Waals surface area contributed by atoms with Gasteiger partial charge in [0.25, 0.3) is 0 Å². The van der Waals surface area contributed by atoms with Gasteiger partial charge in [-0.1, -0.05) is 182 Å². The summed E-state index contributed by atoms with van der Waals surface area (Å²) >= 11 is 1.84. The zero-order chi connectivity index (χ0) is 46.0. The van der Waals surface area contributed by atoms with Crippen molar-refractivity contribution >= 4 is 70.4 Å². The molecular formula is C60H40N2S. The van der Waals surface area contributed by atoms with Crippen molar-refractivity contribution in [2.75, 3.05) is 4.90 Å². The van der Waals surface area contributed by atoms with Gasteiger partial charge in [-0.2, -0.15) is 0 Å². The number of para-hydroxylation sites is 2. The molecule has 0 saturated carbocycles. The normalized spacial score (nSPS) is 12.6. The average Bonchev–Trinajstić information content (AvgIpc) is 3.95. The number of hydrogen-bond donors (Lipinski definition) is 0. The van der Waals surface area contributed by atoms with Gasteiger partial charge in [0.1, 0.15) is 0 Å². The molecule has 0 unspecified atom stereocenters. The summed E-state index contributed by atoms with van der Waals surface area (Å²) in [5.74, 6) is 0. The maximum atomic E-state index is 8.66. The number of nitrogens with zero attached hydrogens (tertiary/aromatic N) is 2. The standard InChI is InChI=1S/C60H40N2S/c1-5-17-41(18-6-1)43-29-35-48(36-30-43)61(49-37-31-44(32-38-49)42-19-7-2-8-20-42)50-39-33-46(34-40-50)56-55(45-21-9-3-10-22-45)57-51-25-13-15-27-53(51)62(47-23-11-4-12-24-47)59(57)58-52-26-14-16-28-54(52)63-60(56)58/h1-40H/i1D,5D,6D,17D,18D. The Morgan fingerprint density at radius 2 is 0.857 bits per heavy atom. The molecule has 0 aliphatic rings. The lowest BCUT2D eigenvalue weighted by atomic mass is 9.88. The van der Waals surface area contributed by atoms with Gasteiger partial charge in [0.15, 0.2) is 0 Å². The first kappa shape index (κ1) is 31.8. The second kappa shape index (κ2) is 15.5. The van der Waals surface area contributed by atoms with Gasteiger partial charge in [0, 0.05) is 64.8 Å². The van der Waals surface area contributed by atoms with Crippen LogP contribution in [0.5, 0.6) is 0 Å². The second-order valence-corrected chi connectivity index (χ2v) is 16.7.